The Morgan fingerprint density at radius 1 is 1.61 bits per heavy atom. The van der Waals surface area contributed by atoms with E-state index < -0.39 is 6.10 Å². The summed E-state index contributed by atoms with van der Waals surface area (Å²) in [5.74, 6) is -0.0561. The molecular formula is C13H15N3O2. The summed E-state index contributed by atoms with van der Waals surface area (Å²) in [6, 6.07) is 7.46. The van der Waals surface area contributed by atoms with E-state index in [9.17, 15) is 4.79 Å². The van der Waals surface area contributed by atoms with Crippen LogP contribution in [0.2, 0.25) is 0 Å². The van der Waals surface area contributed by atoms with Gasteiger partial charge in [0.15, 0.2) is 11.9 Å². The van der Waals surface area contributed by atoms with Gasteiger partial charge in [-0.1, -0.05) is 0 Å². The number of ether oxygens (including phenoxy) is 1. The van der Waals surface area contributed by atoms with Crippen LogP contribution in [0.1, 0.15) is 17.3 Å². The molecule has 0 amide bonds. The number of morpholine rings is 1. The van der Waals surface area contributed by atoms with Crippen LogP contribution < -0.4 is 10.6 Å². The maximum absolute atomic E-state index is 11.4. The molecule has 1 unspecified atom stereocenters. The molecule has 1 saturated heterocycles. The second kappa shape index (κ2) is 5.07. The second-order valence-corrected chi connectivity index (χ2v) is 4.26. The fraction of sp³-hybridized carbons (Fsp3) is 0.385. The quantitative estimate of drug-likeness (QED) is 0.625. The lowest BCUT2D eigenvalue weighted by Gasteiger charge is -2.31. The molecular weight excluding hydrogens is 230 g/mol. The molecule has 1 heterocycles. The monoisotopic (exact) mass is 245 g/mol. The highest BCUT2D eigenvalue weighted by atomic mass is 16.5. The van der Waals surface area contributed by atoms with Crippen molar-refractivity contribution in [2.75, 3.05) is 30.3 Å². The van der Waals surface area contributed by atoms with Gasteiger partial charge in [-0.25, -0.2) is 0 Å². The predicted molar refractivity (Wildman–Crippen MR) is 68.4 cm³/mol. The molecule has 5 heteroatoms. The highest BCUT2D eigenvalue weighted by molar-refractivity contribution is 6.00. The molecule has 1 aliphatic rings. The molecule has 0 saturated carbocycles. The van der Waals surface area contributed by atoms with E-state index in [1.165, 1.54) is 6.92 Å². The number of hydrogen-bond donors (Lipinski definition) is 1. The Bertz CT molecular complexity index is 507. The third kappa shape index (κ3) is 2.44. The van der Waals surface area contributed by atoms with Crippen LogP contribution in [0.25, 0.3) is 0 Å². The van der Waals surface area contributed by atoms with Gasteiger partial charge in [0.25, 0.3) is 0 Å². The summed E-state index contributed by atoms with van der Waals surface area (Å²) in [6.07, 6.45) is -0.419. The molecule has 0 bridgehead atoms. The zero-order valence-corrected chi connectivity index (χ0v) is 10.2. The van der Waals surface area contributed by atoms with E-state index in [0.717, 1.165) is 5.69 Å². The number of benzene rings is 1. The first kappa shape index (κ1) is 12.4. The molecule has 18 heavy (non-hydrogen) atoms. The Morgan fingerprint density at radius 3 is 3.06 bits per heavy atom. The number of rotatable bonds is 2. The van der Waals surface area contributed by atoms with Crippen LogP contribution in [-0.2, 0) is 4.74 Å². The fourth-order valence-corrected chi connectivity index (χ4v) is 2.01. The van der Waals surface area contributed by atoms with Crippen LogP contribution >= 0.6 is 0 Å². The van der Waals surface area contributed by atoms with Gasteiger partial charge in [0.05, 0.1) is 19.2 Å². The summed E-state index contributed by atoms with van der Waals surface area (Å²) in [5, 5.41) is 8.87. The summed E-state index contributed by atoms with van der Waals surface area (Å²) in [7, 11) is 0. The third-order valence-corrected chi connectivity index (χ3v) is 2.99. The molecule has 94 valence electrons. The van der Waals surface area contributed by atoms with Crippen molar-refractivity contribution in [3.8, 4) is 6.07 Å². The van der Waals surface area contributed by atoms with Gasteiger partial charge in [0.1, 0.15) is 0 Å². The molecule has 1 aromatic rings. The Hall–Kier alpha value is -2.06. The zero-order valence-electron chi connectivity index (χ0n) is 10.2. The maximum Gasteiger partial charge on any atom is 0.161 e. The molecule has 1 fully saturated rings. The number of anilines is 2. The van der Waals surface area contributed by atoms with E-state index in [1.807, 2.05) is 11.0 Å². The Balaban J connectivity index is 2.26. The van der Waals surface area contributed by atoms with Gasteiger partial charge in [-0.3, -0.25) is 4.79 Å². The minimum absolute atomic E-state index is 0.0561. The van der Waals surface area contributed by atoms with Gasteiger partial charge in [0, 0.05) is 23.5 Å². The van der Waals surface area contributed by atoms with Gasteiger partial charge in [0.2, 0.25) is 0 Å². The number of ketones is 1. The van der Waals surface area contributed by atoms with Crippen molar-refractivity contribution >= 4 is 17.2 Å². The predicted octanol–water partition coefficient (Wildman–Crippen LogP) is 1.20. The van der Waals surface area contributed by atoms with Gasteiger partial charge in [-0.2, -0.15) is 5.26 Å². The SMILES string of the molecule is CC(=O)c1cc(N2CCOC(C#N)C2)ccc1N. The Morgan fingerprint density at radius 2 is 2.39 bits per heavy atom. The molecule has 0 aromatic heterocycles. The number of nitriles is 1. The number of carbonyl (C=O) groups is 1. The second-order valence-electron chi connectivity index (χ2n) is 4.26. The van der Waals surface area contributed by atoms with E-state index in [2.05, 4.69) is 6.07 Å². The van der Waals surface area contributed by atoms with Crippen LogP contribution in [-0.4, -0.2) is 31.6 Å². The molecule has 2 rings (SSSR count). The molecule has 0 radical (unpaired) electrons. The maximum atomic E-state index is 11.4. The van der Waals surface area contributed by atoms with E-state index in [4.69, 9.17) is 15.7 Å². The van der Waals surface area contributed by atoms with E-state index >= 15 is 0 Å². The number of Topliss-reactive ketones (excluding diaryl/α,β-unsaturated/α-hetero) is 1. The van der Waals surface area contributed by atoms with E-state index in [0.29, 0.717) is 30.9 Å². The van der Waals surface area contributed by atoms with Crippen molar-refractivity contribution < 1.29 is 9.53 Å². The van der Waals surface area contributed by atoms with Crippen molar-refractivity contribution in [2.45, 2.75) is 13.0 Å². The van der Waals surface area contributed by atoms with Crippen molar-refractivity contribution in [3.05, 3.63) is 23.8 Å². The summed E-state index contributed by atoms with van der Waals surface area (Å²) in [4.78, 5) is 13.5. The van der Waals surface area contributed by atoms with Crippen LogP contribution in [0.5, 0.6) is 0 Å². The number of hydrogen-bond acceptors (Lipinski definition) is 5. The smallest absolute Gasteiger partial charge is 0.161 e. The van der Waals surface area contributed by atoms with Crippen LogP contribution in [0.15, 0.2) is 18.2 Å². The van der Waals surface area contributed by atoms with Crippen molar-refractivity contribution in [2.24, 2.45) is 0 Å². The highest BCUT2D eigenvalue weighted by Crippen LogP contribution is 2.23. The topological polar surface area (TPSA) is 79.3 Å². The minimum atomic E-state index is -0.419. The summed E-state index contributed by atoms with van der Waals surface area (Å²) >= 11 is 0. The molecule has 2 N–H and O–H groups in total. The minimum Gasteiger partial charge on any atom is -0.398 e. The van der Waals surface area contributed by atoms with Crippen LogP contribution in [0, 0.1) is 11.3 Å². The van der Waals surface area contributed by atoms with E-state index in [-0.39, 0.29) is 5.78 Å². The molecule has 1 atom stereocenters. The summed E-state index contributed by atoms with van der Waals surface area (Å²) in [6.45, 7) is 3.22. The molecule has 1 aromatic carbocycles. The van der Waals surface area contributed by atoms with Gasteiger partial charge in [-0.05, 0) is 25.1 Å². The first-order chi connectivity index (χ1) is 8.61. The molecule has 5 nitrogen and oxygen atoms in total. The lowest BCUT2D eigenvalue weighted by molar-refractivity contribution is 0.0764. The van der Waals surface area contributed by atoms with Gasteiger partial charge in [-0.15, -0.1) is 0 Å². The van der Waals surface area contributed by atoms with E-state index in [1.54, 1.807) is 12.1 Å². The van der Waals surface area contributed by atoms with Gasteiger partial charge >= 0.3 is 0 Å². The first-order valence-corrected chi connectivity index (χ1v) is 5.78. The average Bonchev–Trinajstić information content (AvgIpc) is 2.39. The Labute approximate surface area is 106 Å². The Kier molecular flexibility index (Phi) is 3.49. The fourth-order valence-electron chi connectivity index (χ4n) is 2.01. The number of nitrogen functional groups attached to an aromatic ring is 1. The largest absolute Gasteiger partial charge is 0.398 e. The molecule has 1 aliphatic heterocycles. The van der Waals surface area contributed by atoms with Crippen LogP contribution in [0.3, 0.4) is 0 Å². The van der Waals surface area contributed by atoms with Crippen molar-refractivity contribution in [1.82, 2.24) is 0 Å². The third-order valence-electron chi connectivity index (χ3n) is 2.99. The summed E-state index contributed by atoms with van der Waals surface area (Å²) < 4.78 is 5.29. The number of nitrogens with two attached hydrogens (primary N) is 1. The van der Waals surface area contributed by atoms with Crippen LogP contribution in [0.4, 0.5) is 11.4 Å². The normalized spacial score (nSPS) is 19.3. The van der Waals surface area contributed by atoms with Gasteiger partial charge < -0.3 is 15.4 Å². The van der Waals surface area contributed by atoms with Crippen molar-refractivity contribution in [3.63, 3.8) is 0 Å². The van der Waals surface area contributed by atoms with Crippen molar-refractivity contribution in [1.29, 1.82) is 5.26 Å². The summed E-state index contributed by atoms with van der Waals surface area (Å²) in [5.41, 5.74) is 7.66. The lowest BCUT2D eigenvalue weighted by Crippen LogP contribution is -2.41. The molecule has 0 spiro atoms. The first-order valence-electron chi connectivity index (χ1n) is 5.78. The lowest BCUT2D eigenvalue weighted by atomic mass is 10.1. The highest BCUT2D eigenvalue weighted by Gasteiger charge is 2.21. The zero-order chi connectivity index (χ0) is 13.1. The standard InChI is InChI=1S/C13H15N3O2/c1-9(17)12-6-10(2-3-13(12)15)16-4-5-18-11(7-14)8-16/h2-3,6,11H,4-5,8,15H2,1H3. The number of carbonyl (C=O) groups excluding carboxylic acids is 1. The number of nitrogens with zero attached hydrogens (tertiary/aromatic N) is 2. The molecule has 0 aliphatic carbocycles. The average molecular weight is 245 g/mol.